The maximum atomic E-state index is 12.1. The Morgan fingerprint density at radius 1 is 1.16 bits per heavy atom. The van der Waals surface area contributed by atoms with Crippen LogP contribution in [0.2, 0.25) is 0 Å². The van der Waals surface area contributed by atoms with Crippen molar-refractivity contribution < 1.29 is 4.79 Å². The molecule has 25 heavy (non-hydrogen) atoms. The third-order valence-electron chi connectivity index (χ3n) is 4.23. The van der Waals surface area contributed by atoms with Crippen molar-refractivity contribution in [1.82, 2.24) is 19.3 Å². The number of nitrogens with zero attached hydrogens (tertiary/aromatic N) is 3. The van der Waals surface area contributed by atoms with E-state index in [1.54, 1.807) is 0 Å². The van der Waals surface area contributed by atoms with Crippen LogP contribution in [-0.2, 0) is 13.5 Å². The Morgan fingerprint density at radius 2 is 2.08 bits per heavy atom. The molecule has 0 aliphatic carbocycles. The van der Waals surface area contributed by atoms with Gasteiger partial charge in [0.15, 0.2) is 0 Å². The predicted octanol–water partition coefficient (Wildman–Crippen LogP) is 3.19. The number of pyridine rings is 1. The second-order valence-electron chi connectivity index (χ2n) is 6.03. The van der Waals surface area contributed by atoms with Crippen LogP contribution in [0.15, 0.2) is 61.1 Å². The topological polar surface area (TPSA) is 63.4 Å². The van der Waals surface area contributed by atoms with Crippen molar-refractivity contribution >= 4 is 28.3 Å². The van der Waals surface area contributed by atoms with Crippen LogP contribution in [0.5, 0.6) is 0 Å². The van der Waals surface area contributed by atoms with Crippen LogP contribution in [0.3, 0.4) is 0 Å². The minimum Gasteiger partial charge on any atom is -0.350 e. The molecular weight excluding hydrogens is 314 g/mol. The van der Waals surface area contributed by atoms with E-state index < -0.39 is 0 Å². The number of imidazole rings is 1. The summed E-state index contributed by atoms with van der Waals surface area (Å²) >= 11 is 0. The number of carbonyl (C=O) groups is 1. The van der Waals surface area contributed by atoms with Crippen molar-refractivity contribution in [3.63, 3.8) is 0 Å². The fourth-order valence-corrected chi connectivity index (χ4v) is 2.93. The van der Waals surface area contributed by atoms with Crippen molar-refractivity contribution in [1.29, 1.82) is 0 Å². The summed E-state index contributed by atoms with van der Waals surface area (Å²) in [7, 11) is 1.99. The van der Waals surface area contributed by atoms with Crippen molar-refractivity contribution in [2.24, 2.45) is 7.05 Å². The summed E-state index contributed by atoms with van der Waals surface area (Å²) in [5.41, 5.74) is 3.73. The summed E-state index contributed by atoms with van der Waals surface area (Å²) in [6.45, 7) is 0.530. The minimum atomic E-state index is -0.211. The molecule has 0 aliphatic rings. The number of nitrogens with one attached hydrogen (secondary N) is 2. The molecule has 6 nitrogen and oxygen atoms in total. The first kappa shape index (κ1) is 15.3. The molecule has 2 amide bonds. The van der Waals surface area contributed by atoms with Crippen LogP contribution >= 0.6 is 0 Å². The Labute approximate surface area is 145 Å². The average molecular weight is 333 g/mol. The SMILES string of the molecule is Cn1ccc2ccc(NC(=O)NCCc3cn4ccccc4n3)cc21. The van der Waals surface area contributed by atoms with E-state index in [1.807, 2.05) is 77.1 Å². The van der Waals surface area contributed by atoms with Gasteiger partial charge < -0.3 is 19.6 Å². The van der Waals surface area contributed by atoms with Crippen LogP contribution < -0.4 is 10.6 Å². The predicted molar refractivity (Wildman–Crippen MR) is 98.8 cm³/mol. The number of aryl methyl sites for hydroxylation is 1. The zero-order valence-electron chi connectivity index (χ0n) is 13.9. The molecule has 0 bridgehead atoms. The lowest BCUT2D eigenvalue weighted by molar-refractivity contribution is 0.252. The third-order valence-corrected chi connectivity index (χ3v) is 4.23. The van der Waals surface area contributed by atoms with E-state index >= 15 is 0 Å². The third kappa shape index (κ3) is 3.19. The highest BCUT2D eigenvalue weighted by Gasteiger charge is 2.05. The molecule has 4 rings (SSSR count). The zero-order valence-corrected chi connectivity index (χ0v) is 13.9. The van der Waals surface area contributed by atoms with E-state index in [2.05, 4.69) is 15.6 Å². The van der Waals surface area contributed by atoms with Gasteiger partial charge in [0.1, 0.15) is 5.65 Å². The number of hydrogen-bond donors (Lipinski definition) is 2. The van der Waals surface area contributed by atoms with Gasteiger partial charge in [-0.05, 0) is 35.7 Å². The molecule has 0 fully saturated rings. The van der Waals surface area contributed by atoms with E-state index in [9.17, 15) is 4.79 Å². The van der Waals surface area contributed by atoms with Gasteiger partial charge in [0.25, 0.3) is 0 Å². The van der Waals surface area contributed by atoms with Crippen molar-refractivity contribution in [3.8, 4) is 0 Å². The monoisotopic (exact) mass is 333 g/mol. The zero-order chi connectivity index (χ0) is 17.2. The van der Waals surface area contributed by atoms with Crippen molar-refractivity contribution in [2.75, 3.05) is 11.9 Å². The molecule has 0 aliphatic heterocycles. The first-order chi connectivity index (χ1) is 12.2. The normalized spacial score (nSPS) is 11.1. The Balaban J connectivity index is 1.34. The summed E-state index contributed by atoms with van der Waals surface area (Å²) in [5.74, 6) is 0. The number of carbonyl (C=O) groups excluding carboxylic acids is 1. The largest absolute Gasteiger partial charge is 0.350 e. The maximum absolute atomic E-state index is 12.1. The van der Waals surface area contributed by atoms with E-state index in [1.165, 1.54) is 0 Å². The second kappa shape index (κ2) is 6.32. The summed E-state index contributed by atoms with van der Waals surface area (Å²) in [4.78, 5) is 16.6. The highest BCUT2D eigenvalue weighted by molar-refractivity contribution is 5.92. The number of amides is 2. The number of rotatable bonds is 4. The lowest BCUT2D eigenvalue weighted by Crippen LogP contribution is -2.30. The fourth-order valence-electron chi connectivity index (χ4n) is 2.93. The molecule has 2 N–H and O–H groups in total. The summed E-state index contributed by atoms with van der Waals surface area (Å²) in [6, 6.07) is 13.6. The Kier molecular flexibility index (Phi) is 3.85. The van der Waals surface area contributed by atoms with Gasteiger partial charge in [-0.1, -0.05) is 12.1 Å². The van der Waals surface area contributed by atoms with E-state index in [-0.39, 0.29) is 6.03 Å². The minimum absolute atomic E-state index is 0.211. The van der Waals surface area contributed by atoms with Gasteiger partial charge in [-0.3, -0.25) is 0 Å². The molecular formula is C19H19N5O. The molecule has 126 valence electrons. The number of aromatic nitrogens is 3. The molecule has 0 radical (unpaired) electrons. The van der Waals surface area contributed by atoms with Gasteiger partial charge >= 0.3 is 6.03 Å². The quantitative estimate of drug-likeness (QED) is 0.602. The Bertz CT molecular complexity index is 1010. The number of anilines is 1. The summed E-state index contributed by atoms with van der Waals surface area (Å²) < 4.78 is 4.01. The molecule has 3 aromatic heterocycles. The van der Waals surface area contributed by atoms with Gasteiger partial charge in [-0.25, -0.2) is 9.78 Å². The van der Waals surface area contributed by atoms with Crippen molar-refractivity contribution in [2.45, 2.75) is 6.42 Å². The Hall–Kier alpha value is -3.28. The number of urea groups is 1. The number of benzene rings is 1. The van der Waals surface area contributed by atoms with Gasteiger partial charge in [0.2, 0.25) is 0 Å². The van der Waals surface area contributed by atoms with Gasteiger partial charge in [-0.2, -0.15) is 0 Å². The van der Waals surface area contributed by atoms with Crippen LogP contribution in [0.4, 0.5) is 10.5 Å². The number of fused-ring (bicyclic) bond motifs is 2. The summed E-state index contributed by atoms with van der Waals surface area (Å²) in [5, 5.41) is 6.90. The lowest BCUT2D eigenvalue weighted by atomic mass is 10.2. The van der Waals surface area contributed by atoms with E-state index in [0.717, 1.165) is 27.9 Å². The van der Waals surface area contributed by atoms with Gasteiger partial charge in [-0.15, -0.1) is 0 Å². The molecule has 0 atom stereocenters. The second-order valence-corrected chi connectivity index (χ2v) is 6.03. The molecule has 6 heteroatoms. The van der Waals surface area contributed by atoms with Crippen LogP contribution in [0, 0.1) is 0 Å². The fraction of sp³-hybridized carbons (Fsp3) is 0.158. The molecule has 0 unspecified atom stereocenters. The highest BCUT2D eigenvalue weighted by Crippen LogP contribution is 2.19. The highest BCUT2D eigenvalue weighted by atomic mass is 16.2. The summed E-state index contributed by atoms with van der Waals surface area (Å²) in [6.07, 6.45) is 6.64. The van der Waals surface area contributed by atoms with Gasteiger partial charge in [0, 0.05) is 49.8 Å². The molecule has 0 saturated carbocycles. The molecule has 1 aromatic carbocycles. The molecule has 4 aromatic rings. The van der Waals surface area contributed by atoms with Crippen LogP contribution in [-0.4, -0.2) is 26.5 Å². The average Bonchev–Trinajstić information content (AvgIpc) is 3.18. The smallest absolute Gasteiger partial charge is 0.319 e. The van der Waals surface area contributed by atoms with Crippen LogP contribution in [0.25, 0.3) is 16.6 Å². The standard InChI is InChI=1S/C19H19N5O/c1-23-11-8-14-5-6-15(12-17(14)23)22-19(25)20-9-7-16-13-24-10-3-2-4-18(24)21-16/h2-6,8,10-13H,7,9H2,1H3,(H2,20,22,25). The first-order valence-electron chi connectivity index (χ1n) is 8.21. The molecule has 3 heterocycles. The lowest BCUT2D eigenvalue weighted by Gasteiger charge is -2.07. The van der Waals surface area contributed by atoms with E-state index in [4.69, 9.17) is 0 Å². The van der Waals surface area contributed by atoms with E-state index in [0.29, 0.717) is 13.0 Å². The van der Waals surface area contributed by atoms with Gasteiger partial charge in [0.05, 0.1) is 5.69 Å². The molecule has 0 spiro atoms. The molecule has 0 saturated heterocycles. The maximum Gasteiger partial charge on any atom is 0.319 e. The number of hydrogen-bond acceptors (Lipinski definition) is 2. The Morgan fingerprint density at radius 3 is 2.96 bits per heavy atom. The van der Waals surface area contributed by atoms with Crippen LogP contribution in [0.1, 0.15) is 5.69 Å². The van der Waals surface area contributed by atoms with Crippen molar-refractivity contribution in [3.05, 3.63) is 66.7 Å². The first-order valence-corrected chi connectivity index (χ1v) is 8.21.